The molecule has 0 spiro atoms. The predicted octanol–water partition coefficient (Wildman–Crippen LogP) is 4.97. The minimum Gasteiger partial charge on any atom is -0.691 e. The van der Waals surface area contributed by atoms with Gasteiger partial charge in [-0.1, -0.05) is 0 Å². The van der Waals surface area contributed by atoms with E-state index in [2.05, 4.69) is 18.8 Å². The van der Waals surface area contributed by atoms with Crippen molar-refractivity contribution in [3.05, 3.63) is 0 Å². The summed E-state index contributed by atoms with van der Waals surface area (Å²) in [5.74, 6) is -83.4. The van der Waals surface area contributed by atoms with E-state index in [0.29, 0.717) is 0 Å². The van der Waals surface area contributed by atoms with Crippen LogP contribution in [-0.4, -0.2) is 102 Å². The first-order chi connectivity index (χ1) is 23.4. The molecule has 322 valence electrons. The second-order valence-electron chi connectivity index (χ2n) is 9.81. The van der Waals surface area contributed by atoms with Gasteiger partial charge >= 0.3 is 102 Å². The van der Waals surface area contributed by atoms with Gasteiger partial charge < -0.3 is 14.7 Å². The third-order valence-corrected chi connectivity index (χ3v) is 6.86. The molecule has 0 aliphatic carbocycles. The van der Waals surface area contributed by atoms with Crippen LogP contribution < -0.4 is 24.1 Å². The summed E-state index contributed by atoms with van der Waals surface area (Å²) in [4.78, 5) is 23.6. The standard InChI is InChI=1S/C20H12F26O7S.Li/c21-9(22,11(25,26)13(29,30)15(33,34)17(37,38)19(41,42)43)1-3-50-7(47)5-6(54-53-52-49)8(48)51-4-2-10(23,24)12(27,28)14(31,32)16(35,36)18(39,40)20(44,45)46;/h6,49H,1-5H2;/q;+1/p-1. The molecule has 7 nitrogen and oxygen atoms in total. The number of carbonyl (C=O) groups is 2. The molecule has 0 aliphatic rings. The van der Waals surface area contributed by atoms with Crippen molar-refractivity contribution < 1.29 is 167 Å². The van der Waals surface area contributed by atoms with E-state index in [-0.39, 0.29) is 18.9 Å². The molecular weight excluding hydrogens is 885 g/mol. The average molecular weight is 896 g/mol. The van der Waals surface area contributed by atoms with Gasteiger partial charge in [-0.2, -0.15) is 118 Å². The van der Waals surface area contributed by atoms with Crippen molar-refractivity contribution in [1.29, 1.82) is 0 Å². The SMILES string of the molecule is O=C(CC(SOO[O-])C(=O)OCCC(F)(F)C(F)(F)C(F)(F)C(F)(F)C(F)(F)C(F)(F)F)OCCC(F)(F)C(F)(F)C(F)(F)C(F)(F)C(F)(F)C(F)(F)F.[Li+]. The fraction of sp³-hybridized carbons (Fsp3) is 0.900. The van der Waals surface area contributed by atoms with Crippen LogP contribution in [0, 0.1) is 0 Å². The summed E-state index contributed by atoms with van der Waals surface area (Å²) in [6.07, 6.45) is -23.8. The molecule has 35 heteroatoms. The molecular formula is C20H11F26LiO7S. The zero-order chi connectivity index (χ0) is 43.8. The number of hydrogen-bond donors (Lipinski definition) is 0. The van der Waals surface area contributed by atoms with Crippen LogP contribution >= 0.6 is 12.0 Å². The average Bonchev–Trinajstić information content (AvgIpc) is 2.96. The Kier molecular flexibility index (Phi) is 17.1. The fourth-order valence-corrected chi connectivity index (χ4v) is 3.49. The molecule has 0 aromatic carbocycles. The van der Waals surface area contributed by atoms with Gasteiger partial charge in [0.1, 0.15) is 5.25 Å². The summed E-state index contributed by atoms with van der Waals surface area (Å²) in [6, 6.07) is 0. The summed E-state index contributed by atoms with van der Waals surface area (Å²) in [6.45, 7) is -4.96. The van der Waals surface area contributed by atoms with E-state index < -0.39 is 133 Å². The van der Waals surface area contributed by atoms with Gasteiger partial charge in [0.25, 0.3) is 0 Å². The summed E-state index contributed by atoms with van der Waals surface area (Å²) in [7, 11) is 0. The summed E-state index contributed by atoms with van der Waals surface area (Å²) in [5.41, 5.74) is 0. The van der Waals surface area contributed by atoms with E-state index in [0.717, 1.165) is 0 Å². The normalized spacial score (nSPS) is 15.7. The largest absolute Gasteiger partial charge is 1.00 e. The molecule has 1 unspecified atom stereocenters. The molecule has 0 saturated carbocycles. The molecule has 0 rings (SSSR count). The topological polar surface area (TPSA) is 94.1 Å². The van der Waals surface area contributed by atoms with Crippen molar-refractivity contribution in [2.75, 3.05) is 13.2 Å². The first-order valence-electron chi connectivity index (χ1n) is 12.3. The first kappa shape index (κ1) is 55.0. The van der Waals surface area contributed by atoms with Gasteiger partial charge in [-0.3, -0.25) is 14.6 Å². The van der Waals surface area contributed by atoms with Crippen LogP contribution in [0.4, 0.5) is 114 Å². The van der Waals surface area contributed by atoms with Crippen molar-refractivity contribution in [3.8, 4) is 0 Å². The number of esters is 2. The van der Waals surface area contributed by atoms with E-state index >= 15 is 0 Å². The number of alkyl halides is 26. The molecule has 0 N–H and O–H groups in total. The van der Waals surface area contributed by atoms with Crippen molar-refractivity contribution in [1.82, 2.24) is 0 Å². The Morgan fingerprint density at radius 1 is 0.473 bits per heavy atom. The van der Waals surface area contributed by atoms with Gasteiger partial charge in [-0.05, 0) is 0 Å². The summed E-state index contributed by atoms with van der Waals surface area (Å²) in [5, 5.41) is 9.73. The van der Waals surface area contributed by atoms with Crippen LogP contribution in [0.15, 0.2) is 0 Å². The van der Waals surface area contributed by atoms with Crippen LogP contribution in [-0.2, 0) is 28.4 Å². The molecule has 0 aromatic heterocycles. The molecule has 0 aliphatic heterocycles. The maximum absolute atomic E-state index is 13.8. The summed E-state index contributed by atoms with van der Waals surface area (Å²) < 4.78 is 352. The van der Waals surface area contributed by atoms with Crippen molar-refractivity contribution in [2.45, 2.75) is 96.1 Å². The van der Waals surface area contributed by atoms with Crippen LogP contribution in [0.5, 0.6) is 0 Å². The Morgan fingerprint density at radius 2 is 0.764 bits per heavy atom. The minimum absolute atomic E-state index is 0. The zero-order valence-electron chi connectivity index (χ0n) is 25.2. The van der Waals surface area contributed by atoms with E-state index in [9.17, 15) is 129 Å². The molecule has 55 heavy (non-hydrogen) atoms. The summed E-state index contributed by atoms with van der Waals surface area (Å²) >= 11 is -0.881. The number of hydrogen-bond acceptors (Lipinski definition) is 8. The third-order valence-electron chi connectivity index (χ3n) is 6.13. The Balaban J connectivity index is 0. The number of halogens is 26. The quantitative estimate of drug-likeness (QED) is 0.0423. The van der Waals surface area contributed by atoms with E-state index in [1.165, 1.54) is 0 Å². The first-order valence-corrected chi connectivity index (χ1v) is 13.1. The van der Waals surface area contributed by atoms with Crippen LogP contribution in [0.25, 0.3) is 0 Å². The van der Waals surface area contributed by atoms with Gasteiger partial charge in [0.15, 0.2) is 0 Å². The molecule has 0 aromatic rings. The van der Waals surface area contributed by atoms with E-state index in [1.807, 2.05) is 0 Å². The van der Waals surface area contributed by atoms with Crippen molar-refractivity contribution in [3.63, 3.8) is 0 Å². The Morgan fingerprint density at radius 3 is 1.05 bits per heavy atom. The Bertz CT molecular complexity index is 1300. The number of rotatable bonds is 20. The minimum atomic E-state index is -8.31. The second kappa shape index (κ2) is 17.0. The number of carbonyl (C=O) groups excluding carboxylic acids is 2. The van der Waals surface area contributed by atoms with Gasteiger partial charge in [-0.15, -0.1) is 0 Å². The van der Waals surface area contributed by atoms with Crippen molar-refractivity contribution in [2.24, 2.45) is 0 Å². The zero-order valence-corrected chi connectivity index (χ0v) is 26.0. The van der Waals surface area contributed by atoms with Crippen LogP contribution in [0.1, 0.15) is 19.3 Å². The van der Waals surface area contributed by atoms with Crippen LogP contribution in [0.2, 0.25) is 0 Å². The van der Waals surface area contributed by atoms with Crippen molar-refractivity contribution >= 4 is 24.0 Å². The van der Waals surface area contributed by atoms with E-state index in [1.54, 1.807) is 0 Å². The van der Waals surface area contributed by atoms with Gasteiger partial charge in [0, 0.05) is 12.0 Å². The predicted molar refractivity (Wildman–Crippen MR) is 111 cm³/mol. The Hall–Kier alpha value is -2.05. The second-order valence-corrected chi connectivity index (χ2v) is 10.7. The van der Waals surface area contributed by atoms with Crippen LogP contribution in [0.3, 0.4) is 0 Å². The molecule has 1 atom stereocenters. The van der Waals surface area contributed by atoms with E-state index in [4.69, 9.17) is 0 Å². The monoisotopic (exact) mass is 896 g/mol. The van der Waals surface area contributed by atoms with Gasteiger partial charge in [-0.25, -0.2) is 0 Å². The molecule has 0 radical (unpaired) electrons. The maximum atomic E-state index is 13.8. The number of ether oxygens (including phenoxy) is 2. The van der Waals surface area contributed by atoms with Gasteiger partial charge in [0.05, 0.1) is 32.5 Å². The smallest absolute Gasteiger partial charge is 0.691 e. The maximum Gasteiger partial charge on any atom is 1.00 e. The molecule has 0 saturated heterocycles. The van der Waals surface area contributed by atoms with Gasteiger partial charge in [0.2, 0.25) is 0 Å². The molecule has 0 fully saturated rings. The molecule has 0 amide bonds. The fourth-order valence-electron chi connectivity index (χ4n) is 3.01. The Labute approximate surface area is 300 Å². The third kappa shape index (κ3) is 9.98. The molecule has 0 bridgehead atoms. The molecule has 0 heterocycles.